The number of aliphatic carboxylic acids is 1. The molecule has 8 heteroatoms. The molecule has 1 aliphatic heterocycles. The van der Waals surface area contributed by atoms with Crippen LogP contribution in [0, 0.1) is 12.8 Å². The zero-order valence-corrected chi connectivity index (χ0v) is 12.9. The van der Waals surface area contributed by atoms with Crippen molar-refractivity contribution in [1.29, 1.82) is 0 Å². The molecule has 1 aromatic carbocycles. The zero-order valence-electron chi connectivity index (χ0n) is 11.4. The highest BCUT2D eigenvalue weighted by molar-refractivity contribution is 7.89. The van der Waals surface area contributed by atoms with Crippen molar-refractivity contribution in [2.45, 2.75) is 24.3 Å². The maximum Gasteiger partial charge on any atom is 0.310 e. The molecule has 0 amide bonds. The number of piperidine rings is 1. The SMILES string of the molecule is Cc1cc(Cl)ccc1S(=O)(=O)N1CC[C@H](O)[C@@H](C(=O)O)C1. The summed E-state index contributed by atoms with van der Waals surface area (Å²) in [5.41, 5.74) is 0.500. The molecule has 2 N–H and O–H groups in total. The number of aliphatic hydroxyl groups excluding tert-OH is 1. The summed E-state index contributed by atoms with van der Waals surface area (Å²) in [4.78, 5) is 11.2. The van der Waals surface area contributed by atoms with Crippen molar-refractivity contribution in [2.24, 2.45) is 5.92 Å². The van der Waals surface area contributed by atoms with Crippen LogP contribution in [-0.2, 0) is 14.8 Å². The number of carboxylic acid groups (broad SMARTS) is 1. The Morgan fingerprint density at radius 3 is 2.67 bits per heavy atom. The van der Waals surface area contributed by atoms with E-state index >= 15 is 0 Å². The van der Waals surface area contributed by atoms with Crippen LogP contribution >= 0.6 is 11.6 Å². The first-order chi connectivity index (χ1) is 9.73. The van der Waals surface area contributed by atoms with E-state index in [2.05, 4.69) is 0 Å². The Labute approximate surface area is 128 Å². The lowest BCUT2D eigenvalue weighted by Crippen LogP contribution is -2.48. The van der Waals surface area contributed by atoms with Gasteiger partial charge in [0.15, 0.2) is 0 Å². The molecule has 2 rings (SSSR count). The molecule has 6 nitrogen and oxygen atoms in total. The summed E-state index contributed by atoms with van der Waals surface area (Å²) in [7, 11) is -3.80. The molecule has 1 heterocycles. The summed E-state index contributed by atoms with van der Waals surface area (Å²) < 4.78 is 26.3. The lowest BCUT2D eigenvalue weighted by Gasteiger charge is -2.33. The largest absolute Gasteiger partial charge is 0.481 e. The number of benzene rings is 1. The Morgan fingerprint density at radius 2 is 2.10 bits per heavy atom. The van der Waals surface area contributed by atoms with Crippen molar-refractivity contribution in [3.8, 4) is 0 Å². The van der Waals surface area contributed by atoms with Gasteiger partial charge >= 0.3 is 5.97 Å². The fourth-order valence-electron chi connectivity index (χ4n) is 2.41. The number of carboxylic acids is 1. The Morgan fingerprint density at radius 1 is 1.43 bits per heavy atom. The molecule has 1 saturated heterocycles. The van der Waals surface area contributed by atoms with E-state index in [-0.39, 0.29) is 24.4 Å². The lowest BCUT2D eigenvalue weighted by molar-refractivity contribution is -0.147. The third kappa shape index (κ3) is 3.21. The number of halogens is 1. The number of carbonyl (C=O) groups is 1. The smallest absolute Gasteiger partial charge is 0.310 e. The molecule has 0 aromatic heterocycles. The van der Waals surface area contributed by atoms with Gasteiger partial charge in [-0.25, -0.2) is 8.42 Å². The molecule has 0 radical (unpaired) electrons. The minimum atomic E-state index is -3.80. The second-order valence-corrected chi connectivity index (χ2v) is 7.42. The minimum Gasteiger partial charge on any atom is -0.481 e. The van der Waals surface area contributed by atoms with Crippen LogP contribution in [0.25, 0.3) is 0 Å². The van der Waals surface area contributed by atoms with E-state index in [1.807, 2.05) is 0 Å². The predicted octanol–water partition coefficient (Wildman–Crippen LogP) is 1.10. The Hall–Kier alpha value is -1.15. The fourth-order valence-corrected chi connectivity index (χ4v) is 4.33. The fraction of sp³-hybridized carbons (Fsp3) is 0.462. The van der Waals surface area contributed by atoms with Crippen LogP contribution in [-0.4, -0.2) is 48.1 Å². The van der Waals surface area contributed by atoms with E-state index < -0.39 is 28.0 Å². The second-order valence-electron chi connectivity index (χ2n) is 5.07. The molecule has 0 saturated carbocycles. The minimum absolute atomic E-state index is 0.0926. The Bertz CT molecular complexity index is 661. The van der Waals surface area contributed by atoms with Gasteiger partial charge in [-0.1, -0.05) is 11.6 Å². The van der Waals surface area contributed by atoms with E-state index in [9.17, 15) is 18.3 Å². The van der Waals surface area contributed by atoms with Gasteiger partial charge in [0.2, 0.25) is 10.0 Å². The summed E-state index contributed by atoms with van der Waals surface area (Å²) in [5, 5.41) is 19.2. The summed E-state index contributed by atoms with van der Waals surface area (Å²) in [6.45, 7) is 1.49. The first-order valence-electron chi connectivity index (χ1n) is 6.40. The molecule has 0 bridgehead atoms. The van der Waals surface area contributed by atoms with Gasteiger partial charge in [0, 0.05) is 18.1 Å². The monoisotopic (exact) mass is 333 g/mol. The quantitative estimate of drug-likeness (QED) is 0.863. The summed E-state index contributed by atoms with van der Waals surface area (Å²) in [6, 6.07) is 4.44. The predicted molar refractivity (Wildman–Crippen MR) is 76.7 cm³/mol. The Balaban J connectivity index is 2.33. The molecule has 0 spiro atoms. The highest BCUT2D eigenvalue weighted by atomic mass is 35.5. The number of aryl methyl sites for hydroxylation is 1. The van der Waals surface area contributed by atoms with Crippen molar-refractivity contribution in [3.05, 3.63) is 28.8 Å². The van der Waals surface area contributed by atoms with E-state index in [0.717, 1.165) is 4.31 Å². The standard InChI is InChI=1S/C13H16ClNO5S/c1-8-6-9(14)2-3-12(8)21(19,20)15-5-4-11(16)10(7-15)13(17)18/h2-3,6,10-11,16H,4-5,7H2,1H3,(H,17,18)/t10-,11-/m0/s1. The van der Waals surface area contributed by atoms with E-state index in [1.54, 1.807) is 13.0 Å². The normalized spacial score (nSPS) is 24.0. The van der Waals surface area contributed by atoms with Crippen LogP contribution in [0.3, 0.4) is 0 Å². The molecule has 116 valence electrons. The number of nitrogens with zero attached hydrogens (tertiary/aromatic N) is 1. The number of aliphatic hydroxyl groups is 1. The molecule has 2 atom stereocenters. The van der Waals surface area contributed by atoms with Crippen LogP contribution in [0.1, 0.15) is 12.0 Å². The number of hydrogen-bond acceptors (Lipinski definition) is 4. The van der Waals surface area contributed by atoms with Gasteiger partial charge in [0.1, 0.15) is 0 Å². The molecule has 1 aliphatic rings. The lowest BCUT2D eigenvalue weighted by atomic mass is 9.96. The van der Waals surface area contributed by atoms with Gasteiger partial charge in [0.05, 0.1) is 16.9 Å². The van der Waals surface area contributed by atoms with Crippen molar-refractivity contribution >= 4 is 27.6 Å². The highest BCUT2D eigenvalue weighted by Crippen LogP contribution is 2.27. The number of sulfonamides is 1. The second kappa shape index (κ2) is 5.92. The van der Waals surface area contributed by atoms with Gasteiger partial charge in [-0.2, -0.15) is 4.31 Å². The van der Waals surface area contributed by atoms with Crippen molar-refractivity contribution in [1.82, 2.24) is 4.31 Å². The van der Waals surface area contributed by atoms with Crippen LogP contribution in [0.15, 0.2) is 23.1 Å². The molecule has 0 aliphatic carbocycles. The summed E-state index contributed by atoms with van der Waals surface area (Å²) in [6.07, 6.45) is -0.927. The van der Waals surface area contributed by atoms with Gasteiger partial charge < -0.3 is 10.2 Å². The number of hydrogen-bond donors (Lipinski definition) is 2. The van der Waals surface area contributed by atoms with Crippen molar-refractivity contribution in [3.63, 3.8) is 0 Å². The maximum atomic E-state index is 12.6. The van der Waals surface area contributed by atoms with E-state index in [4.69, 9.17) is 16.7 Å². The topological polar surface area (TPSA) is 94.9 Å². The van der Waals surface area contributed by atoms with E-state index in [1.165, 1.54) is 12.1 Å². The van der Waals surface area contributed by atoms with E-state index in [0.29, 0.717) is 10.6 Å². The molecule has 21 heavy (non-hydrogen) atoms. The van der Waals surface area contributed by atoms with Gasteiger partial charge in [-0.3, -0.25) is 4.79 Å². The summed E-state index contributed by atoms with van der Waals surface area (Å²) >= 11 is 5.82. The summed E-state index contributed by atoms with van der Waals surface area (Å²) in [5.74, 6) is -2.31. The maximum absolute atomic E-state index is 12.6. The molecular weight excluding hydrogens is 318 g/mol. The average molecular weight is 334 g/mol. The van der Waals surface area contributed by atoms with Crippen molar-refractivity contribution < 1.29 is 23.4 Å². The Kier molecular flexibility index (Phi) is 4.57. The highest BCUT2D eigenvalue weighted by Gasteiger charge is 2.38. The molecule has 1 fully saturated rings. The average Bonchev–Trinajstić information content (AvgIpc) is 2.38. The van der Waals surface area contributed by atoms with Gasteiger partial charge in [-0.15, -0.1) is 0 Å². The molecular formula is C13H16ClNO5S. The zero-order chi connectivity index (χ0) is 15.8. The third-order valence-electron chi connectivity index (χ3n) is 3.61. The molecule has 0 unspecified atom stereocenters. The van der Waals surface area contributed by atoms with Gasteiger partial charge in [-0.05, 0) is 37.1 Å². The van der Waals surface area contributed by atoms with Crippen molar-refractivity contribution in [2.75, 3.05) is 13.1 Å². The van der Waals surface area contributed by atoms with Crippen LogP contribution in [0.4, 0.5) is 0 Å². The van der Waals surface area contributed by atoms with Gasteiger partial charge in [0.25, 0.3) is 0 Å². The molecule has 1 aromatic rings. The first kappa shape index (κ1) is 16.2. The third-order valence-corrected chi connectivity index (χ3v) is 5.87. The number of rotatable bonds is 3. The van der Waals surface area contributed by atoms with Crippen LogP contribution in [0.2, 0.25) is 5.02 Å². The first-order valence-corrected chi connectivity index (χ1v) is 8.22. The van der Waals surface area contributed by atoms with Crippen LogP contribution < -0.4 is 0 Å². The van der Waals surface area contributed by atoms with Crippen LogP contribution in [0.5, 0.6) is 0 Å².